The third-order valence-electron chi connectivity index (χ3n) is 5.93. The Kier molecular flexibility index (Phi) is 3.83. The highest BCUT2D eigenvalue weighted by Gasteiger charge is 2.48. The second-order valence-electron chi connectivity index (χ2n) is 8.64. The maximum Gasteiger partial charge on any atom is 0.101 e. The summed E-state index contributed by atoms with van der Waals surface area (Å²) in [6.45, 7) is 9.98. The first-order valence-electron chi connectivity index (χ1n) is 9.27. The van der Waals surface area contributed by atoms with E-state index in [2.05, 4.69) is 48.1 Å². The number of hydrogen-bond acceptors (Lipinski definition) is 3. The van der Waals surface area contributed by atoms with E-state index < -0.39 is 0 Å². The molecule has 1 aromatic rings. The number of hydrogen-bond donors (Lipinski definition) is 1. The van der Waals surface area contributed by atoms with Crippen LogP contribution in [0.3, 0.4) is 0 Å². The SMILES string of the molecule is CC(C)(C)N1CC2(CCCC2)c2cc(Cl)cc(CC3=NCCN3)c21. The number of nitrogens with one attached hydrogen (secondary N) is 1. The average Bonchev–Trinajstić information content (AvgIpc) is 3.21. The largest absolute Gasteiger partial charge is 0.372 e. The number of amidine groups is 1. The number of nitrogens with zero attached hydrogens (tertiary/aromatic N) is 2. The molecule has 1 aliphatic carbocycles. The third-order valence-corrected chi connectivity index (χ3v) is 6.15. The lowest BCUT2D eigenvalue weighted by Crippen LogP contribution is -2.44. The van der Waals surface area contributed by atoms with Crippen LogP contribution in [0.5, 0.6) is 0 Å². The molecule has 1 N–H and O–H groups in total. The minimum absolute atomic E-state index is 0.119. The zero-order valence-electron chi connectivity index (χ0n) is 15.1. The molecule has 4 rings (SSSR count). The summed E-state index contributed by atoms with van der Waals surface area (Å²) >= 11 is 6.56. The molecular weight excluding hydrogens is 318 g/mol. The number of benzene rings is 1. The normalized spacial score (nSPS) is 22.0. The van der Waals surface area contributed by atoms with Gasteiger partial charge in [0.15, 0.2) is 0 Å². The summed E-state index contributed by atoms with van der Waals surface area (Å²) < 4.78 is 0. The summed E-state index contributed by atoms with van der Waals surface area (Å²) in [5, 5.41) is 4.30. The van der Waals surface area contributed by atoms with Gasteiger partial charge < -0.3 is 10.2 Å². The Labute approximate surface area is 150 Å². The van der Waals surface area contributed by atoms with Crippen LogP contribution in [0.4, 0.5) is 5.69 Å². The molecule has 1 saturated carbocycles. The van der Waals surface area contributed by atoms with E-state index in [1.54, 1.807) is 0 Å². The van der Waals surface area contributed by atoms with Gasteiger partial charge in [0.2, 0.25) is 0 Å². The highest BCUT2D eigenvalue weighted by molar-refractivity contribution is 6.31. The molecule has 0 atom stereocenters. The smallest absolute Gasteiger partial charge is 0.101 e. The van der Waals surface area contributed by atoms with E-state index in [9.17, 15) is 0 Å². The van der Waals surface area contributed by atoms with Crippen molar-refractivity contribution < 1.29 is 0 Å². The zero-order valence-corrected chi connectivity index (χ0v) is 15.8. The molecule has 1 spiro atoms. The van der Waals surface area contributed by atoms with Crippen LogP contribution in [0.1, 0.15) is 57.6 Å². The predicted molar refractivity (Wildman–Crippen MR) is 103 cm³/mol. The first-order chi connectivity index (χ1) is 11.4. The van der Waals surface area contributed by atoms with Crippen molar-refractivity contribution in [1.29, 1.82) is 0 Å². The first-order valence-corrected chi connectivity index (χ1v) is 9.65. The molecular formula is C20H28ClN3. The van der Waals surface area contributed by atoms with E-state index in [4.69, 9.17) is 11.6 Å². The third kappa shape index (κ3) is 2.61. The van der Waals surface area contributed by atoms with E-state index in [0.29, 0.717) is 5.41 Å². The molecule has 1 aromatic carbocycles. The fraction of sp³-hybridized carbons (Fsp3) is 0.650. The first kappa shape index (κ1) is 16.3. The highest BCUT2D eigenvalue weighted by atomic mass is 35.5. The van der Waals surface area contributed by atoms with Gasteiger partial charge in [-0.15, -0.1) is 0 Å². The molecule has 1 fully saturated rings. The molecule has 3 aliphatic rings. The Bertz CT molecular complexity index is 681. The van der Waals surface area contributed by atoms with Gasteiger partial charge in [-0.2, -0.15) is 0 Å². The molecule has 0 aromatic heterocycles. The molecule has 24 heavy (non-hydrogen) atoms. The standard InChI is InChI=1S/C20H28ClN3/c1-19(2,3)24-13-20(6-4-5-7-20)16-12-15(21)10-14(18(16)24)11-17-22-8-9-23-17/h10,12H,4-9,11,13H2,1-3H3,(H,22,23). The van der Waals surface area contributed by atoms with Crippen molar-refractivity contribution in [3.05, 3.63) is 28.3 Å². The molecule has 4 heteroatoms. The van der Waals surface area contributed by atoms with Gasteiger partial charge in [0.25, 0.3) is 0 Å². The summed E-state index contributed by atoms with van der Waals surface area (Å²) in [5.41, 5.74) is 4.70. The van der Waals surface area contributed by atoms with Crippen LogP contribution in [0.15, 0.2) is 17.1 Å². The van der Waals surface area contributed by atoms with Crippen molar-refractivity contribution >= 4 is 23.1 Å². The molecule has 0 saturated heterocycles. The van der Waals surface area contributed by atoms with E-state index in [-0.39, 0.29) is 5.54 Å². The lowest BCUT2D eigenvalue weighted by atomic mass is 9.80. The van der Waals surface area contributed by atoms with Gasteiger partial charge in [0, 0.05) is 41.2 Å². The van der Waals surface area contributed by atoms with E-state index in [1.807, 2.05) is 0 Å². The molecule has 2 heterocycles. The van der Waals surface area contributed by atoms with Gasteiger partial charge in [-0.05, 0) is 56.9 Å². The molecule has 0 unspecified atom stereocenters. The summed E-state index contributed by atoms with van der Waals surface area (Å²) in [4.78, 5) is 7.24. The molecule has 0 bridgehead atoms. The number of anilines is 1. The lowest BCUT2D eigenvalue weighted by molar-refractivity contribution is 0.418. The van der Waals surface area contributed by atoms with Crippen molar-refractivity contribution in [1.82, 2.24) is 5.32 Å². The number of fused-ring (bicyclic) bond motifs is 2. The van der Waals surface area contributed by atoms with Crippen LogP contribution in [0, 0.1) is 0 Å². The van der Waals surface area contributed by atoms with Crippen molar-refractivity contribution in [3.8, 4) is 0 Å². The van der Waals surface area contributed by atoms with Gasteiger partial charge in [0.05, 0.1) is 6.54 Å². The van der Waals surface area contributed by atoms with E-state index in [0.717, 1.165) is 36.9 Å². The maximum absolute atomic E-state index is 6.56. The summed E-state index contributed by atoms with van der Waals surface area (Å²) in [5.74, 6) is 1.11. The summed E-state index contributed by atoms with van der Waals surface area (Å²) in [6.07, 6.45) is 6.14. The average molecular weight is 346 g/mol. The number of halogens is 1. The lowest BCUT2D eigenvalue weighted by Gasteiger charge is -2.37. The van der Waals surface area contributed by atoms with Crippen LogP contribution in [0.2, 0.25) is 5.02 Å². The second kappa shape index (κ2) is 5.66. The van der Waals surface area contributed by atoms with Crippen molar-refractivity contribution in [3.63, 3.8) is 0 Å². The van der Waals surface area contributed by atoms with Crippen LogP contribution in [0.25, 0.3) is 0 Å². The quantitative estimate of drug-likeness (QED) is 0.864. The van der Waals surface area contributed by atoms with Crippen LogP contribution in [-0.4, -0.2) is 31.0 Å². The van der Waals surface area contributed by atoms with E-state index in [1.165, 1.54) is 42.5 Å². The van der Waals surface area contributed by atoms with Crippen LogP contribution in [-0.2, 0) is 11.8 Å². The van der Waals surface area contributed by atoms with Gasteiger partial charge >= 0.3 is 0 Å². The Morgan fingerprint density at radius 3 is 2.62 bits per heavy atom. The Morgan fingerprint density at radius 2 is 2.00 bits per heavy atom. The van der Waals surface area contributed by atoms with Gasteiger partial charge in [-0.25, -0.2) is 0 Å². The minimum atomic E-state index is 0.119. The Hall–Kier alpha value is -1.22. The molecule has 0 amide bonds. The molecule has 3 nitrogen and oxygen atoms in total. The van der Waals surface area contributed by atoms with Crippen LogP contribution < -0.4 is 10.2 Å². The number of rotatable bonds is 2. The number of aliphatic imine (C=N–C) groups is 1. The van der Waals surface area contributed by atoms with E-state index >= 15 is 0 Å². The fourth-order valence-electron chi connectivity index (χ4n) is 4.78. The van der Waals surface area contributed by atoms with Crippen molar-refractivity contribution in [2.24, 2.45) is 4.99 Å². The monoisotopic (exact) mass is 345 g/mol. The van der Waals surface area contributed by atoms with Crippen molar-refractivity contribution in [2.75, 3.05) is 24.5 Å². The van der Waals surface area contributed by atoms with Crippen molar-refractivity contribution in [2.45, 2.75) is 63.8 Å². The fourth-order valence-corrected chi connectivity index (χ4v) is 5.02. The molecule has 2 aliphatic heterocycles. The summed E-state index contributed by atoms with van der Waals surface area (Å²) in [6, 6.07) is 4.41. The zero-order chi connectivity index (χ0) is 16.9. The van der Waals surface area contributed by atoms with Gasteiger partial charge in [-0.3, -0.25) is 4.99 Å². The predicted octanol–water partition coefficient (Wildman–Crippen LogP) is 4.31. The Balaban J connectivity index is 1.84. The molecule has 130 valence electrons. The van der Waals surface area contributed by atoms with Gasteiger partial charge in [0.1, 0.15) is 5.84 Å². The highest BCUT2D eigenvalue weighted by Crippen LogP contribution is 2.54. The minimum Gasteiger partial charge on any atom is -0.372 e. The topological polar surface area (TPSA) is 27.6 Å². The second-order valence-corrected chi connectivity index (χ2v) is 9.07. The van der Waals surface area contributed by atoms with Gasteiger partial charge in [-0.1, -0.05) is 24.4 Å². The molecule has 0 radical (unpaired) electrons. The van der Waals surface area contributed by atoms with Crippen LogP contribution >= 0.6 is 11.6 Å². The maximum atomic E-state index is 6.56. The Morgan fingerprint density at radius 1 is 1.25 bits per heavy atom. The summed E-state index contributed by atoms with van der Waals surface area (Å²) in [7, 11) is 0.